The number of likely N-dealkylation sites (tertiary alicyclic amines) is 1. The minimum atomic E-state index is -0.384. The van der Waals surface area contributed by atoms with E-state index < -0.39 is 0 Å². The number of piperidine rings is 1. The Morgan fingerprint density at radius 3 is 2.64 bits per heavy atom. The predicted molar refractivity (Wildman–Crippen MR) is 108 cm³/mol. The van der Waals surface area contributed by atoms with Crippen LogP contribution in [0.5, 0.6) is 0 Å². The zero-order valence-corrected chi connectivity index (χ0v) is 16.9. The van der Waals surface area contributed by atoms with Crippen LogP contribution in [0.1, 0.15) is 31.2 Å². The Bertz CT molecular complexity index is 796. The van der Waals surface area contributed by atoms with Gasteiger partial charge < -0.3 is 19.1 Å². The standard InChI is InChI=1S/C22H30N4O2/c1-18-21(27)26(16-20-23-11-15-24(20)2)17-22(28-18)9-13-25(14-10-22)12-8-19-6-4-3-5-7-19/h3-7,11,15,18H,8-10,12-14,16-17H2,1-2H3. The normalized spacial score (nSPS) is 22.7. The molecule has 2 fully saturated rings. The maximum atomic E-state index is 12.7. The van der Waals surface area contributed by atoms with Crippen LogP contribution >= 0.6 is 0 Å². The highest BCUT2D eigenvalue weighted by Crippen LogP contribution is 2.33. The van der Waals surface area contributed by atoms with Crippen molar-refractivity contribution in [3.63, 3.8) is 0 Å². The van der Waals surface area contributed by atoms with E-state index in [4.69, 9.17) is 4.74 Å². The van der Waals surface area contributed by atoms with E-state index in [1.54, 1.807) is 6.20 Å². The van der Waals surface area contributed by atoms with E-state index in [1.165, 1.54) is 5.56 Å². The molecule has 28 heavy (non-hydrogen) atoms. The van der Waals surface area contributed by atoms with Crippen molar-refractivity contribution in [2.75, 3.05) is 26.2 Å². The first kappa shape index (κ1) is 19.2. The molecule has 1 aromatic heterocycles. The second kappa shape index (κ2) is 8.05. The Hall–Kier alpha value is -2.18. The van der Waals surface area contributed by atoms with Crippen LogP contribution in [0.3, 0.4) is 0 Å². The first-order chi connectivity index (χ1) is 13.5. The van der Waals surface area contributed by atoms with Crippen molar-refractivity contribution < 1.29 is 9.53 Å². The number of hydrogen-bond acceptors (Lipinski definition) is 4. The topological polar surface area (TPSA) is 50.6 Å². The minimum absolute atomic E-state index is 0.0696. The molecule has 2 aromatic rings. The average molecular weight is 383 g/mol. The summed E-state index contributed by atoms with van der Waals surface area (Å²) in [6.07, 6.45) is 6.34. The van der Waals surface area contributed by atoms with Gasteiger partial charge in [0.1, 0.15) is 11.9 Å². The van der Waals surface area contributed by atoms with Gasteiger partial charge in [-0.15, -0.1) is 0 Å². The van der Waals surface area contributed by atoms with E-state index in [2.05, 4.69) is 40.2 Å². The summed E-state index contributed by atoms with van der Waals surface area (Å²) in [5, 5.41) is 0. The van der Waals surface area contributed by atoms with Crippen molar-refractivity contribution in [2.45, 2.75) is 44.4 Å². The molecule has 6 heteroatoms. The lowest BCUT2D eigenvalue weighted by Crippen LogP contribution is -2.61. The minimum Gasteiger partial charge on any atom is -0.360 e. The van der Waals surface area contributed by atoms with E-state index in [1.807, 2.05) is 29.6 Å². The van der Waals surface area contributed by atoms with Gasteiger partial charge in [-0.25, -0.2) is 4.98 Å². The fourth-order valence-electron chi connectivity index (χ4n) is 4.39. The average Bonchev–Trinajstić information content (AvgIpc) is 3.11. The molecule has 0 aliphatic carbocycles. The number of rotatable bonds is 5. The van der Waals surface area contributed by atoms with E-state index in [-0.39, 0.29) is 17.6 Å². The fraction of sp³-hybridized carbons (Fsp3) is 0.545. The highest BCUT2D eigenvalue weighted by molar-refractivity contribution is 5.81. The van der Waals surface area contributed by atoms with Gasteiger partial charge in [0.05, 0.1) is 18.7 Å². The number of benzene rings is 1. The van der Waals surface area contributed by atoms with Crippen LogP contribution < -0.4 is 0 Å². The summed E-state index contributed by atoms with van der Waals surface area (Å²) < 4.78 is 8.25. The number of ether oxygens (including phenoxy) is 1. The van der Waals surface area contributed by atoms with Gasteiger partial charge in [0, 0.05) is 39.1 Å². The molecule has 1 amide bonds. The van der Waals surface area contributed by atoms with Crippen LogP contribution in [0.15, 0.2) is 42.7 Å². The third-order valence-corrected chi connectivity index (χ3v) is 6.15. The number of morpholine rings is 1. The molecule has 1 aromatic carbocycles. The zero-order valence-electron chi connectivity index (χ0n) is 16.9. The first-order valence-corrected chi connectivity index (χ1v) is 10.2. The van der Waals surface area contributed by atoms with Crippen LogP contribution in [0.25, 0.3) is 0 Å². The Balaban J connectivity index is 1.35. The highest BCUT2D eigenvalue weighted by Gasteiger charge is 2.45. The van der Waals surface area contributed by atoms with Gasteiger partial charge in [-0.05, 0) is 31.7 Å². The summed E-state index contributed by atoms with van der Waals surface area (Å²) in [6, 6.07) is 10.7. The predicted octanol–water partition coefficient (Wildman–Crippen LogP) is 2.24. The maximum Gasteiger partial charge on any atom is 0.251 e. The molecule has 1 unspecified atom stereocenters. The summed E-state index contributed by atoms with van der Waals surface area (Å²) in [7, 11) is 1.97. The van der Waals surface area contributed by atoms with Crippen molar-refractivity contribution in [1.82, 2.24) is 19.4 Å². The molecule has 0 bridgehead atoms. The lowest BCUT2D eigenvalue weighted by molar-refractivity contribution is -0.191. The molecule has 3 heterocycles. The van der Waals surface area contributed by atoms with Crippen molar-refractivity contribution in [2.24, 2.45) is 7.05 Å². The Labute approximate surface area is 167 Å². The lowest BCUT2D eigenvalue weighted by atomic mass is 9.88. The molecule has 0 saturated carbocycles. The summed E-state index contributed by atoms with van der Waals surface area (Å²) in [6.45, 7) is 6.21. The van der Waals surface area contributed by atoms with E-state index >= 15 is 0 Å². The zero-order chi connectivity index (χ0) is 19.6. The van der Waals surface area contributed by atoms with Gasteiger partial charge in [-0.1, -0.05) is 30.3 Å². The molecule has 0 radical (unpaired) electrons. The Morgan fingerprint density at radius 1 is 1.21 bits per heavy atom. The number of imidazole rings is 1. The summed E-state index contributed by atoms with van der Waals surface area (Å²) in [5.41, 5.74) is 1.17. The van der Waals surface area contributed by atoms with Crippen molar-refractivity contribution in [3.05, 3.63) is 54.1 Å². The number of aryl methyl sites for hydroxylation is 1. The molecule has 1 spiro atoms. The van der Waals surface area contributed by atoms with E-state index in [0.29, 0.717) is 13.1 Å². The molecule has 150 valence electrons. The summed E-state index contributed by atoms with van der Waals surface area (Å²) in [4.78, 5) is 21.5. The highest BCUT2D eigenvalue weighted by atomic mass is 16.5. The van der Waals surface area contributed by atoms with Gasteiger partial charge >= 0.3 is 0 Å². The molecule has 0 N–H and O–H groups in total. The number of amides is 1. The molecule has 2 aliphatic rings. The lowest BCUT2D eigenvalue weighted by Gasteiger charge is -2.49. The molecular weight excluding hydrogens is 352 g/mol. The quantitative estimate of drug-likeness (QED) is 0.796. The number of carbonyl (C=O) groups excluding carboxylic acids is 1. The molecular formula is C22H30N4O2. The largest absolute Gasteiger partial charge is 0.360 e. The Morgan fingerprint density at radius 2 is 1.96 bits per heavy atom. The van der Waals surface area contributed by atoms with E-state index in [0.717, 1.165) is 44.7 Å². The van der Waals surface area contributed by atoms with Crippen LogP contribution in [0.4, 0.5) is 0 Å². The third-order valence-electron chi connectivity index (χ3n) is 6.15. The maximum absolute atomic E-state index is 12.7. The van der Waals surface area contributed by atoms with Gasteiger partial charge in [0.25, 0.3) is 5.91 Å². The van der Waals surface area contributed by atoms with Crippen molar-refractivity contribution in [1.29, 1.82) is 0 Å². The molecule has 2 saturated heterocycles. The van der Waals surface area contributed by atoms with Crippen LogP contribution in [-0.4, -0.2) is 63.1 Å². The van der Waals surface area contributed by atoms with Crippen LogP contribution in [0, 0.1) is 0 Å². The first-order valence-electron chi connectivity index (χ1n) is 10.2. The Kier molecular flexibility index (Phi) is 5.51. The number of carbonyl (C=O) groups is 1. The van der Waals surface area contributed by atoms with Gasteiger partial charge in [0.2, 0.25) is 0 Å². The monoisotopic (exact) mass is 382 g/mol. The van der Waals surface area contributed by atoms with Crippen molar-refractivity contribution >= 4 is 5.91 Å². The molecule has 2 aliphatic heterocycles. The van der Waals surface area contributed by atoms with Crippen molar-refractivity contribution in [3.8, 4) is 0 Å². The van der Waals surface area contributed by atoms with Gasteiger partial charge in [0.15, 0.2) is 0 Å². The van der Waals surface area contributed by atoms with Crippen LogP contribution in [0.2, 0.25) is 0 Å². The third kappa shape index (κ3) is 4.13. The van der Waals surface area contributed by atoms with E-state index in [9.17, 15) is 4.79 Å². The fourth-order valence-corrected chi connectivity index (χ4v) is 4.39. The second-order valence-corrected chi connectivity index (χ2v) is 8.17. The molecule has 6 nitrogen and oxygen atoms in total. The SMILES string of the molecule is CC1OC2(CCN(CCc3ccccc3)CC2)CN(Cc2nccn2C)C1=O. The molecule has 1 atom stereocenters. The van der Waals surface area contributed by atoms with Gasteiger partial charge in [-0.2, -0.15) is 0 Å². The smallest absolute Gasteiger partial charge is 0.251 e. The van der Waals surface area contributed by atoms with Gasteiger partial charge in [-0.3, -0.25) is 4.79 Å². The van der Waals surface area contributed by atoms with Crippen LogP contribution in [-0.2, 0) is 29.5 Å². The summed E-state index contributed by atoms with van der Waals surface area (Å²) in [5.74, 6) is 0.984. The summed E-state index contributed by atoms with van der Waals surface area (Å²) >= 11 is 0. The number of aromatic nitrogens is 2. The number of nitrogens with zero attached hydrogens (tertiary/aromatic N) is 4. The molecule has 4 rings (SSSR count). The number of hydrogen-bond donors (Lipinski definition) is 0. The second-order valence-electron chi connectivity index (χ2n) is 8.17.